The molecule has 0 atom stereocenters. The number of rotatable bonds is 5. The Labute approximate surface area is 164 Å². The van der Waals surface area contributed by atoms with E-state index in [9.17, 15) is 13.2 Å². The molecule has 0 unspecified atom stereocenters. The highest BCUT2D eigenvalue weighted by atomic mass is 35.5. The number of piperazine rings is 1. The molecule has 2 aromatic rings. The number of hydrogen-bond donors (Lipinski definition) is 0. The molecule has 1 amide bonds. The van der Waals surface area contributed by atoms with Crippen LogP contribution in [0.4, 0.5) is 0 Å². The Morgan fingerprint density at radius 3 is 2.37 bits per heavy atom. The number of aromatic nitrogens is 1. The van der Waals surface area contributed by atoms with E-state index in [1.165, 1.54) is 10.5 Å². The average molecular weight is 408 g/mol. The Kier molecular flexibility index (Phi) is 6.14. The predicted molar refractivity (Wildman–Crippen MR) is 104 cm³/mol. The van der Waals surface area contributed by atoms with Crippen molar-refractivity contribution in [2.75, 3.05) is 26.2 Å². The Hall–Kier alpha value is -1.96. The summed E-state index contributed by atoms with van der Waals surface area (Å²) in [6.07, 6.45) is 3.47. The van der Waals surface area contributed by atoms with Crippen molar-refractivity contribution in [1.82, 2.24) is 14.2 Å². The lowest BCUT2D eigenvalue weighted by Gasteiger charge is -2.34. The third kappa shape index (κ3) is 4.31. The minimum Gasteiger partial charge on any atom is -0.336 e. The maximum atomic E-state index is 12.8. The molecule has 1 fully saturated rings. The van der Waals surface area contributed by atoms with Crippen molar-refractivity contribution in [2.45, 2.75) is 24.7 Å². The van der Waals surface area contributed by atoms with Crippen molar-refractivity contribution >= 4 is 27.5 Å². The van der Waals surface area contributed by atoms with Crippen LogP contribution in [0.5, 0.6) is 0 Å². The third-order valence-corrected chi connectivity index (χ3v) is 6.83. The predicted octanol–water partition coefficient (Wildman–Crippen LogP) is 2.83. The molecule has 0 bridgehead atoms. The molecule has 144 valence electrons. The molecule has 1 saturated heterocycles. The van der Waals surface area contributed by atoms with Crippen molar-refractivity contribution in [2.24, 2.45) is 0 Å². The Morgan fingerprint density at radius 1 is 1.11 bits per heavy atom. The van der Waals surface area contributed by atoms with Gasteiger partial charge in [-0.2, -0.15) is 4.31 Å². The van der Waals surface area contributed by atoms with E-state index in [-0.39, 0.29) is 29.0 Å². The molecule has 0 aliphatic carbocycles. The SMILES string of the molecule is CCCc1ccc(S(=O)(=O)N2CCN(C(=O)c3cccnc3Cl)CC2)cc1. The van der Waals surface area contributed by atoms with Gasteiger partial charge in [0.05, 0.1) is 10.5 Å². The van der Waals surface area contributed by atoms with Crippen LogP contribution in [0.3, 0.4) is 0 Å². The second-order valence-electron chi connectivity index (χ2n) is 6.43. The summed E-state index contributed by atoms with van der Waals surface area (Å²) in [5.74, 6) is -0.228. The first-order valence-corrected chi connectivity index (χ1v) is 10.7. The molecule has 1 aromatic heterocycles. The normalized spacial score (nSPS) is 15.7. The van der Waals surface area contributed by atoms with Gasteiger partial charge in [-0.25, -0.2) is 13.4 Å². The van der Waals surface area contributed by atoms with Crippen LogP contribution < -0.4 is 0 Å². The second-order valence-corrected chi connectivity index (χ2v) is 8.73. The van der Waals surface area contributed by atoms with Gasteiger partial charge in [0.1, 0.15) is 5.15 Å². The molecule has 0 radical (unpaired) electrons. The van der Waals surface area contributed by atoms with E-state index in [1.807, 2.05) is 12.1 Å². The van der Waals surface area contributed by atoms with Crippen LogP contribution >= 0.6 is 11.6 Å². The molecule has 27 heavy (non-hydrogen) atoms. The van der Waals surface area contributed by atoms with Crippen LogP contribution in [0.25, 0.3) is 0 Å². The van der Waals surface area contributed by atoms with Crippen LogP contribution in [-0.2, 0) is 16.4 Å². The summed E-state index contributed by atoms with van der Waals surface area (Å²) in [5, 5.41) is 0.157. The van der Waals surface area contributed by atoms with Crippen molar-refractivity contribution in [3.63, 3.8) is 0 Å². The lowest BCUT2D eigenvalue weighted by atomic mass is 10.1. The zero-order valence-corrected chi connectivity index (χ0v) is 16.7. The average Bonchev–Trinajstić information content (AvgIpc) is 2.69. The van der Waals surface area contributed by atoms with Crippen LogP contribution in [0.1, 0.15) is 29.3 Å². The number of halogens is 1. The molecule has 0 saturated carbocycles. The maximum absolute atomic E-state index is 12.8. The Bertz CT molecular complexity index is 908. The number of nitrogens with zero attached hydrogens (tertiary/aromatic N) is 3. The number of carbonyl (C=O) groups is 1. The van der Waals surface area contributed by atoms with Crippen molar-refractivity contribution in [3.05, 3.63) is 58.9 Å². The molecule has 0 spiro atoms. The molecule has 6 nitrogen and oxygen atoms in total. The highest BCUT2D eigenvalue weighted by Crippen LogP contribution is 2.21. The lowest BCUT2D eigenvalue weighted by molar-refractivity contribution is 0.0697. The topological polar surface area (TPSA) is 70.6 Å². The lowest BCUT2D eigenvalue weighted by Crippen LogP contribution is -2.50. The summed E-state index contributed by atoms with van der Waals surface area (Å²) in [6, 6.07) is 10.3. The summed E-state index contributed by atoms with van der Waals surface area (Å²) in [6.45, 7) is 3.23. The minimum atomic E-state index is -3.56. The molecular weight excluding hydrogens is 386 g/mol. The number of benzene rings is 1. The van der Waals surface area contributed by atoms with E-state index in [2.05, 4.69) is 11.9 Å². The molecule has 1 aromatic carbocycles. The summed E-state index contributed by atoms with van der Waals surface area (Å²) in [5.41, 5.74) is 1.46. The van der Waals surface area contributed by atoms with E-state index < -0.39 is 10.0 Å². The smallest absolute Gasteiger partial charge is 0.257 e. The zero-order chi connectivity index (χ0) is 19.4. The summed E-state index contributed by atoms with van der Waals surface area (Å²) in [7, 11) is -3.56. The van der Waals surface area contributed by atoms with Crippen LogP contribution in [0.2, 0.25) is 5.15 Å². The second kappa shape index (κ2) is 8.37. The summed E-state index contributed by atoms with van der Waals surface area (Å²) < 4.78 is 27.1. The molecule has 8 heteroatoms. The monoisotopic (exact) mass is 407 g/mol. The molecule has 0 N–H and O–H groups in total. The van der Waals surface area contributed by atoms with E-state index in [1.54, 1.807) is 29.2 Å². The van der Waals surface area contributed by atoms with Crippen LogP contribution in [0.15, 0.2) is 47.5 Å². The summed E-state index contributed by atoms with van der Waals surface area (Å²) in [4.78, 5) is 18.4. The first kappa shape index (κ1) is 19.8. The number of pyridine rings is 1. The van der Waals surface area contributed by atoms with Gasteiger partial charge in [-0.15, -0.1) is 0 Å². The summed E-state index contributed by atoms with van der Waals surface area (Å²) >= 11 is 5.99. The highest BCUT2D eigenvalue weighted by molar-refractivity contribution is 7.89. The van der Waals surface area contributed by atoms with Gasteiger partial charge < -0.3 is 4.90 Å². The van der Waals surface area contributed by atoms with E-state index in [0.717, 1.165) is 18.4 Å². The van der Waals surface area contributed by atoms with Gasteiger partial charge in [0.2, 0.25) is 10.0 Å². The Balaban J connectivity index is 1.67. The fraction of sp³-hybridized carbons (Fsp3) is 0.368. The van der Waals surface area contributed by atoms with Gasteiger partial charge in [-0.05, 0) is 36.2 Å². The van der Waals surface area contributed by atoms with Crippen molar-refractivity contribution < 1.29 is 13.2 Å². The van der Waals surface area contributed by atoms with Crippen molar-refractivity contribution in [1.29, 1.82) is 0 Å². The third-order valence-electron chi connectivity index (χ3n) is 4.62. The van der Waals surface area contributed by atoms with Gasteiger partial charge in [0, 0.05) is 32.4 Å². The fourth-order valence-corrected chi connectivity index (χ4v) is 4.74. The number of aryl methyl sites for hydroxylation is 1. The van der Waals surface area contributed by atoms with Gasteiger partial charge in [0.15, 0.2) is 0 Å². The quantitative estimate of drug-likeness (QED) is 0.714. The van der Waals surface area contributed by atoms with Crippen LogP contribution in [-0.4, -0.2) is 54.7 Å². The van der Waals surface area contributed by atoms with E-state index >= 15 is 0 Å². The molecule has 2 heterocycles. The first-order chi connectivity index (χ1) is 12.9. The number of amides is 1. The van der Waals surface area contributed by atoms with Gasteiger partial charge in [-0.3, -0.25) is 4.79 Å². The number of sulfonamides is 1. The Morgan fingerprint density at radius 2 is 1.78 bits per heavy atom. The number of hydrogen-bond acceptors (Lipinski definition) is 4. The van der Waals surface area contributed by atoms with Gasteiger partial charge in [-0.1, -0.05) is 37.1 Å². The molecule has 1 aliphatic rings. The zero-order valence-electron chi connectivity index (χ0n) is 15.1. The van der Waals surface area contributed by atoms with Gasteiger partial charge >= 0.3 is 0 Å². The largest absolute Gasteiger partial charge is 0.336 e. The maximum Gasteiger partial charge on any atom is 0.257 e. The van der Waals surface area contributed by atoms with Gasteiger partial charge in [0.25, 0.3) is 5.91 Å². The standard InChI is InChI=1S/C19H22ClN3O3S/c1-2-4-15-6-8-16(9-7-15)27(25,26)23-13-11-22(12-14-23)19(24)17-5-3-10-21-18(17)20/h3,5-10H,2,4,11-14H2,1H3. The molecule has 1 aliphatic heterocycles. The highest BCUT2D eigenvalue weighted by Gasteiger charge is 2.31. The van der Waals surface area contributed by atoms with E-state index in [0.29, 0.717) is 18.7 Å². The first-order valence-electron chi connectivity index (χ1n) is 8.92. The van der Waals surface area contributed by atoms with Crippen LogP contribution in [0, 0.1) is 0 Å². The fourth-order valence-electron chi connectivity index (χ4n) is 3.11. The molecular formula is C19H22ClN3O3S. The minimum absolute atomic E-state index is 0.157. The van der Waals surface area contributed by atoms with E-state index in [4.69, 9.17) is 11.6 Å². The molecule has 3 rings (SSSR count). The number of carbonyl (C=O) groups excluding carboxylic acids is 1. The van der Waals surface area contributed by atoms with Crippen molar-refractivity contribution in [3.8, 4) is 0 Å².